The molecule has 2 heterocycles. The number of aromatic nitrogens is 3. The Hall–Kier alpha value is -3.48. The molecule has 7 heteroatoms. The summed E-state index contributed by atoms with van der Waals surface area (Å²) in [6.07, 6.45) is 6.91. The maximum absolute atomic E-state index is 12.3. The first-order valence-electron chi connectivity index (χ1n) is 7.71. The zero-order chi connectivity index (χ0) is 17.6. The van der Waals surface area contributed by atoms with Crippen molar-refractivity contribution in [3.05, 3.63) is 72.4 Å². The van der Waals surface area contributed by atoms with Crippen LogP contribution in [0.1, 0.15) is 15.9 Å². The predicted molar refractivity (Wildman–Crippen MR) is 93.5 cm³/mol. The van der Waals surface area contributed by atoms with Crippen molar-refractivity contribution >= 4 is 17.5 Å². The lowest BCUT2D eigenvalue weighted by Gasteiger charge is -2.07. The minimum atomic E-state index is -0.247. The lowest BCUT2D eigenvalue weighted by atomic mass is 10.1. The van der Waals surface area contributed by atoms with E-state index >= 15 is 0 Å². The molecular formula is C18H17N5O2. The van der Waals surface area contributed by atoms with E-state index < -0.39 is 0 Å². The van der Waals surface area contributed by atoms with E-state index in [0.29, 0.717) is 23.5 Å². The fraction of sp³-hybridized carbons (Fsp3) is 0.111. The Labute approximate surface area is 144 Å². The van der Waals surface area contributed by atoms with Crippen LogP contribution in [0.2, 0.25) is 0 Å². The molecule has 0 aliphatic rings. The molecule has 0 bridgehead atoms. The summed E-state index contributed by atoms with van der Waals surface area (Å²) in [7, 11) is 1.60. The number of rotatable bonds is 5. The molecule has 2 amide bonds. The van der Waals surface area contributed by atoms with Crippen LogP contribution < -0.4 is 10.6 Å². The van der Waals surface area contributed by atoms with E-state index in [9.17, 15) is 9.59 Å². The molecule has 2 aromatic heterocycles. The highest BCUT2D eigenvalue weighted by atomic mass is 16.2. The highest BCUT2D eigenvalue weighted by molar-refractivity contribution is 6.04. The second kappa shape index (κ2) is 7.39. The summed E-state index contributed by atoms with van der Waals surface area (Å²) in [6.45, 7) is 0. The molecule has 7 nitrogen and oxygen atoms in total. The Morgan fingerprint density at radius 1 is 1.12 bits per heavy atom. The molecule has 0 saturated heterocycles. The Kier molecular flexibility index (Phi) is 4.84. The van der Waals surface area contributed by atoms with E-state index in [1.807, 2.05) is 12.1 Å². The molecule has 25 heavy (non-hydrogen) atoms. The molecule has 0 fully saturated rings. The fourth-order valence-corrected chi connectivity index (χ4v) is 2.25. The minimum Gasteiger partial charge on any atom is -0.359 e. The van der Waals surface area contributed by atoms with Crippen LogP contribution in [0.5, 0.6) is 0 Å². The van der Waals surface area contributed by atoms with Crippen molar-refractivity contribution in [1.29, 1.82) is 0 Å². The van der Waals surface area contributed by atoms with E-state index in [2.05, 4.69) is 20.6 Å². The van der Waals surface area contributed by atoms with Crippen molar-refractivity contribution in [3.8, 4) is 5.82 Å². The second-order valence-electron chi connectivity index (χ2n) is 5.38. The topological polar surface area (TPSA) is 88.9 Å². The average molecular weight is 335 g/mol. The number of nitrogens with one attached hydrogen (secondary N) is 2. The van der Waals surface area contributed by atoms with Crippen molar-refractivity contribution < 1.29 is 9.59 Å². The molecule has 0 saturated carbocycles. The van der Waals surface area contributed by atoms with Crippen LogP contribution in [0.25, 0.3) is 5.82 Å². The molecule has 0 aliphatic carbocycles. The molecule has 0 radical (unpaired) electrons. The normalized spacial score (nSPS) is 10.3. The van der Waals surface area contributed by atoms with E-state index in [1.165, 1.54) is 6.20 Å². The van der Waals surface area contributed by atoms with Crippen molar-refractivity contribution in [2.75, 3.05) is 12.4 Å². The molecular weight excluding hydrogens is 318 g/mol. The molecule has 126 valence electrons. The first-order chi connectivity index (χ1) is 12.2. The number of carbonyl (C=O) groups excluding carboxylic acids is 2. The van der Waals surface area contributed by atoms with Gasteiger partial charge in [0.15, 0.2) is 0 Å². The quantitative estimate of drug-likeness (QED) is 0.744. The van der Waals surface area contributed by atoms with Crippen LogP contribution in [0.4, 0.5) is 5.69 Å². The standard InChI is InChI=1S/C18H17N5O2/c1-19-17(24)10-13-2-5-15(6-3-13)22-18(25)14-4-7-16(21-11-14)23-9-8-20-12-23/h2-9,11-12H,10H2,1H3,(H,19,24)(H,22,25). The summed E-state index contributed by atoms with van der Waals surface area (Å²) in [6, 6.07) is 10.6. The number of carbonyl (C=O) groups is 2. The Morgan fingerprint density at radius 2 is 1.92 bits per heavy atom. The summed E-state index contributed by atoms with van der Waals surface area (Å²) >= 11 is 0. The molecule has 0 spiro atoms. The van der Waals surface area contributed by atoms with Crippen LogP contribution in [0.15, 0.2) is 61.3 Å². The van der Waals surface area contributed by atoms with Crippen LogP contribution in [-0.2, 0) is 11.2 Å². The second-order valence-corrected chi connectivity index (χ2v) is 5.38. The van der Waals surface area contributed by atoms with Gasteiger partial charge in [-0.3, -0.25) is 14.2 Å². The van der Waals surface area contributed by atoms with Gasteiger partial charge in [-0.15, -0.1) is 0 Å². The molecule has 0 unspecified atom stereocenters. The third-order valence-electron chi connectivity index (χ3n) is 3.63. The Morgan fingerprint density at radius 3 is 2.52 bits per heavy atom. The number of likely N-dealkylation sites (N-methyl/N-ethyl adjacent to an activating group) is 1. The average Bonchev–Trinajstić information content (AvgIpc) is 3.18. The van der Waals surface area contributed by atoms with Gasteiger partial charge >= 0.3 is 0 Å². The van der Waals surface area contributed by atoms with Crippen molar-refractivity contribution in [3.63, 3.8) is 0 Å². The van der Waals surface area contributed by atoms with Gasteiger partial charge in [0.25, 0.3) is 5.91 Å². The first kappa shape index (κ1) is 16.4. The van der Waals surface area contributed by atoms with Gasteiger partial charge < -0.3 is 10.6 Å². The molecule has 3 aromatic rings. The monoisotopic (exact) mass is 335 g/mol. The highest BCUT2D eigenvalue weighted by Crippen LogP contribution is 2.12. The minimum absolute atomic E-state index is 0.0548. The van der Waals surface area contributed by atoms with Crippen molar-refractivity contribution in [2.45, 2.75) is 6.42 Å². The van der Waals surface area contributed by atoms with Gasteiger partial charge in [0.05, 0.1) is 12.0 Å². The number of imidazole rings is 1. The Balaban J connectivity index is 1.64. The highest BCUT2D eigenvalue weighted by Gasteiger charge is 2.08. The number of nitrogens with zero attached hydrogens (tertiary/aromatic N) is 3. The van der Waals surface area contributed by atoms with E-state index in [0.717, 1.165) is 5.56 Å². The largest absolute Gasteiger partial charge is 0.359 e. The number of hydrogen-bond donors (Lipinski definition) is 2. The van der Waals surface area contributed by atoms with Gasteiger partial charge in [0, 0.05) is 31.3 Å². The summed E-state index contributed by atoms with van der Waals surface area (Å²) in [4.78, 5) is 31.9. The third-order valence-corrected chi connectivity index (χ3v) is 3.63. The van der Waals surface area contributed by atoms with E-state index in [1.54, 1.807) is 54.6 Å². The SMILES string of the molecule is CNC(=O)Cc1ccc(NC(=O)c2ccc(-n3ccnc3)nc2)cc1. The van der Waals surface area contributed by atoms with Gasteiger partial charge in [-0.2, -0.15) is 0 Å². The molecule has 0 aliphatic heterocycles. The van der Waals surface area contributed by atoms with Crippen molar-refractivity contribution in [1.82, 2.24) is 19.9 Å². The van der Waals surface area contributed by atoms with Gasteiger partial charge in [-0.1, -0.05) is 12.1 Å². The first-order valence-corrected chi connectivity index (χ1v) is 7.71. The van der Waals surface area contributed by atoms with Crippen LogP contribution >= 0.6 is 0 Å². The zero-order valence-electron chi connectivity index (χ0n) is 13.6. The number of anilines is 1. The van der Waals surface area contributed by atoms with Gasteiger partial charge in [0.1, 0.15) is 12.1 Å². The van der Waals surface area contributed by atoms with Crippen LogP contribution in [0.3, 0.4) is 0 Å². The molecule has 3 rings (SSSR count). The smallest absolute Gasteiger partial charge is 0.257 e. The number of benzene rings is 1. The maximum Gasteiger partial charge on any atom is 0.257 e. The van der Waals surface area contributed by atoms with E-state index in [-0.39, 0.29) is 11.8 Å². The summed E-state index contributed by atoms with van der Waals surface area (Å²) < 4.78 is 1.76. The lowest BCUT2D eigenvalue weighted by molar-refractivity contribution is -0.119. The molecule has 1 aromatic carbocycles. The number of amides is 2. The molecule has 2 N–H and O–H groups in total. The summed E-state index contributed by atoms with van der Waals surface area (Å²) in [5.74, 6) is 0.386. The number of hydrogen-bond acceptors (Lipinski definition) is 4. The van der Waals surface area contributed by atoms with Gasteiger partial charge in [-0.25, -0.2) is 9.97 Å². The fourth-order valence-electron chi connectivity index (χ4n) is 2.25. The lowest BCUT2D eigenvalue weighted by Crippen LogP contribution is -2.19. The predicted octanol–water partition coefficient (Wildman–Crippen LogP) is 1.81. The van der Waals surface area contributed by atoms with Crippen molar-refractivity contribution in [2.24, 2.45) is 0 Å². The Bertz CT molecular complexity index is 855. The summed E-state index contributed by atoms with van der Waals surface area (Å²) in [5, 5.41) is 5.38. The maximum atomic E-state index is 12.3. The van der Waals surface area contributed by atoms with Gasteiger partial charge in [-0.05, 0) is 29.8 Å². The van der Waals surface area contributed by atoms with Crippen LogP contribution in [0, 0.1) is 0 Å². The van der Waals surface area contributed by atoms with Crippen LogP contribution in [-0.4, -0.2) is 33.4 Å². The van der Waals surface area contributed by atoms with E-state index in [4.69, 9.17) is 0 Å². The molecule has 0 atom stereocenters. The summed E-state index contributed by atoms with van der Waals surface area (Å²) in [5.41, 5.74) is 1.99. The van der Waals surface area contributed by atoms with Gasteiger partial charge in [0.2, 0.25) is 5.91 Å². The number of pyridine rings is 1. The zero-order valence-corrected chi connectivity index (χ0v) is 13.6. The third kappa shape index (κ3) is 4.08.